The fourth-order valence-electron chi connectivity index (χ4n) is 4.18. The van der Waals surface area contributed by atoms with Gasteiger partial charge in [0.05, 0.1) is 22.9 Å². The van der Waals surface area contributed by atoms with Gasteiger partial charge in [0.25, 0.3) is 0 Å². The summed E-state index contributed by atoms with van der Waals surface area (Å²) in [4.78, 5) is 16.4. The molecule has 0 bridgehead atoms. The van der Waals surface area contributed by atoms with Crippen LogP contribution in [-0.4, -0.2) is 22.7 Å². The van der Waals surface area contributed by atoms with Crippen LogP contribution in [0.5, 0.6) is 0 Å². The van der Waals surface area contributed by atoms with Crippen molar-refractivity contribution in [3.8, 4) is 0 Å². The van der Waals surface area contributed by atoms with Crippen molar-refractivity contribution >= 4 is 40.6 Å². The molecule has 0 aliphatic carbocycles. The number of aryl methyl sites for hydroxylation is 2. The summed E-state index contributed by atoms with van der Waals surface area (Å²) in [7, 11) is 0. The van der Waals surface area contributed by atoms with Crippen LogP contribution in [0.15, 0.2) is 72.8 Å². The molecule has 0 fully saturated rings. The van der Waals surface area contributed by atoms with Crippen molar-refractivity contribution in [2.75, 3.05) is 6.61 Å². The minimum atomic E-state index is -0.895. The van der Waals surface area contributed by atoms with Crippen LogP contribution in [0.2, 0.25) is 5.02 Å². The van der Waals surface area contributed by atoms with Crippen molar-refractivity contribution in [3.63, 3.8) is 0 Å². The number of nitrogens with zero attached hydrogens (tertiary/aromatic N) is 1. The Kier molecular flexibility index (Phi) is 7.96. The number of aromatic nitrogens is 1. The second-order valence-corrected chi connectivity index (χ2v) is 8.96. The van der Waals surface area contributed by atoms with Gasteiger partial charge in [-0.15, -0.1) is 0 Å². The van der Waals surface area contributed by atoms with Crippen molar-refractivity contribution in [2.45, 2.75) is 32.8 Å². The van der Waals surface area contributed by atoms with Gasteiger partial charge in [0, 0.05) is 17.0 Å². The highest BCUT2D eigenvalue weighted by Crippen LogP contribution is 2.26. The van der Waals surface area contributed by atoms with E-state index in [2.05, 4.69) is 17.1 Å². The lowest BCUT2D eigenvalue weighted by Gasteiger charge is -2.19. The van der Waals surface area contributed by atoms with E-state index in [1.165, 1.54) is 0 Å². The standard InChI is InChI=1S/C30H28ClNO3/c1-3-35-29(16-12-22-9-7-20(2)17-27(22)30(33)34)24-6-4-5-21(18-24)8-14-26-15-11-23-10-13-25(31)19-28(23)32-26/h4-11,13-15,17-19,29H,3,12,16H2,1-2H3,(H,33,34)/b14-8+. The van der Waals surface area contributed by atoms with E-state index in [-0.39, 0.29) is 6.10 Å². The van der Waals surface area contributed by atoms with Crippen molar-refractivity contribution < 1.29 is 14.6 Å². The molecule has 0 amide bonds. The van der Waals surface area contributed by atoms with Crippen LogP contribution >= 0.6 is 11.6 Å². The Hall–Kier alpha value is -3.47. The summed E-state index contributed by atoms with van der Waals surface area (Å²) < 4.78 is 6.05. The topological polar surface area (TPSA) is 59.4 Å². The third-order valence-electron chi connectivity index (χ3n) is 5.94. The van der Waals surface area contributed by atoms with Crippen LogP contribution in [0.1, 0.15) is 57.8 Å². The summed E-state index contributed by atoms with van der Waals surface area (Å²) in [6.45, 7) is 4.46. The van der Waals surface area contributed by atoms with Crippen molar-refractivity contribution in [1.29, 1.82) is 0 Å². The second-order valence-electron chi connectivity index (χ2n) is 8.53. The Balaban J connectivity index is 1.52. The van der Waals surface area contributed by atoms with Crippen LogP contribution < -0.4 is 0 Å². The molecule has 178 valence electrons. The first kappa shape index (κ1) is 24.6. The first-order valence-electron chi connectivity index (χ1n) is 11.7. The van der Waals surface area contributed by atoms with E-state index < -0.39 is 5.97 Å². The molecule has 1 aromatic heterocycles. The number of halogens is 1. The van der Waals surface area contributed by atoms with Gasteiger partial charge in [-0.05, 0) is 79.8 Å². The number of ether oxygens (including phenoxy) is 1. The third kappa shape index (κ3) is 6.36. The zero-order valence-electron chi connectivity index (χ0n) is 19.9. The number of pyridine rings is 1. The molecule has 0 radical (unpaired) electrons. The Labute approximate surface area is 210 Å². The largest absolute Gasteiger partial charge is 0.478 e. The number of carboxylic acids is 1. The zero-order valence-corrected chi connectivity index (χ0v) is 20.6. The number of aromatic carboxylic acids is 1. The molecule has 1 heterocycles. The molecule has 0 aliphatic heterocycles. The maximum atomic E-state index is 11.7. The highest BCUT2D eigenvalue weighted by atomic mass is 35.5. The number of carbonyl (C=O) groups is 1. The lowest BCUT2D eigenvalue weighted by Crippen LogP contribution is -2.09. The third-order valence-corrected chi connectivity index (χ3v) is 6.18. The molecule has 1 unspecified atom stereocenters. The highest BCUT2D eigenvalue weighted by Gasteiger charge is 2.16. The minimum absolute atomic E-state index is 0.128. The van der Waals surface area contributed by atoms with Crippen LogP contribution in [0.3, 0.4) is 0 Å². The normalized spacial score (nSPS) is 12.3. The van der Waals surface area contributed by atoms with Crippen molar-refractivity contribution in [3.05, 3.63) is 111 Å². The molecule has 4 nitrogen and oxygen atoms in total. The molecule has 3 aromatic carbocycles. The smallest absolute Gasteiger partial charge is 0.335 e. The Morgan fingerprint density at radius 1 is 1.06 bits per heavy atom. The van der Waals surface area contributed by atoms with Crippen molar-refractivity contribution in [2.24, 2.45) is 0 Å². The molecule has 4 aromatic rings. The molecule has 35 heavy (non-hydrogen) atoms. The van der Waals surface area contributed by atoms with Crippen LogP contribution in [0.25, 0.3) is 23.1 Å². The lowest BCUT2D eigenvalue weighted by atomic mass is 9.96. The van der Waals surface area contributed by atoms with Gasteiger partial charge in [-0.2, -0.15) is 0 Å². The minimum Gasteiger partial charge on any atom is -0.478 e. The predicted molar refractivity (Wildman–Crippen MR) is 143 cm³/mol. The van der Waals surface area contributed by atoms with Gasteiger partial charge in [-0.25, -0.2) is 9.78 Å². The fraction of sp³-hybridized carbons (Fsp3) is 0.200. The van der Waals surface area contributed by atoms with Gasteiger partial charge in [-0.3, -0.25) is 0 Å². The first-order chi connectivity index (χ1) is 16.9. The predicted octanol–water partition coefficient (Wildman–Crippen LogP) is 7.78. The van der Waals surface area contributed by atoms with E-state index >= 15 is 0 Å². The van der Waals surface area contributed by atoms with Crippen LogP contribution in [-0.2, 0) is 11.2 Å². The Morgan fingerprint density at radius 2 is 1.89 bits per heavy atom. The zero-order chi connectivity index (χ0) is 24.8. The van der Waals surface area contributed by atoms with E-state index in [0.29, 0.717) is 30.0 Å². The average Bonchev–Trinajstić information content (AvgIpc) is 2.85. The molecule has 1 atom stereocenters. The Morgan fingerprint density at radius 3 is 2.69 bits per heavy atom. The highest BCUT2D eigenvalue weighted by molar-refractivity contribution is 6.31. The molecular formula is C30H28ClNO3. The summed E-state index contributed by atoms with van der Waals surface area (Å²) in [6.07, 6.45) is 5.21. The van der Waals surface area contributed by atoms with Crippen LogP contribution in [0.4, 0.5) is 0 Å². The number of fused-ring (bicyclic) bond motifs is 1. The maximum Gasteiger partial charge on any atom is 0.335 e. The first-order valence-corrected chi connectivity index (χ1v) is 12.1. The van der Waals surface area contributed by atoms with Gasteiger partial charge in [0.15, 0.2) is 0 Å². The quantitative estimate of drug-likeness (QED) is 0.263. The van der Waals surface area contributed by atoms with Gasteiger partial charge >= 0.3 is 5.97 Å². The van der Waals surface area contributed by atoms with Crippen molar-refractivity contribution in [1.82, 2.24) is 4.98 Å². The molecule has 0 aliphatic rings. The molecule has 0 spiro atoms. The lowest BCUT2D eigenvalue weighted by molar-refractivity contribution is 0.0561. The fourth-order valence-corrected chi connectivity index (χ4v) is 4.35. The van der Waals surface area contributed by atoms with E-state index in [1.807, 2.05) is 80.6 Å². The molecule has 0 saturated heterocycles. The monoisotopic (exact) mass is 485 g/mol. The van der Waals surface area contributed by atoms with E-state index in [1.54, 1.807) is 6.07 Å². The van der Waals surface area contributed by atoms with E-state index in [4.69, 9.17) is 16.3 Å². The molecule has 5 heteroatoms. The summed E-state index contributed by atoms with van der Waals surface area (Å²) >= 11 is 6.11. The van der Waals surface area contributed by atoms with Gasteiger partial charge in [0.2, 0.25) is 0 Å². The summed E-state index contributed by atoms with van der Waals surface area (Å²) in [6, 6.07) is 23.5. The SMILES string of the molecule is CCOC(CCc1ccc(C)cc1C(=O)O)c1cccc(/C=C/c2ccc3ccc(Cl)cc3n2)c1. The Bertz CT molecular complexity index is 1380. The number of benzene rings is 3. The van der Waals surface area contributed by atoms with E-state index in [9.17, 15) is 9.90 Å². The molecule has 0 saturated carbocycles. The summed E-state index contributed by atoms with van der Waals surface area (Å²) in [5.74, 6) is -0.895. The van der Waals surface area contributed by atoms with Crippen LogP contribution in [0, 0.1) is 6.92 Å². The average molecular weight is 486 g/mol. The molecular weight excluding hydrogens is 458 g/mol. The van der Waals surface area contributed by atoms with Gasteiger partial charge in [-0.1, -0.05) is 65.7 Å². The van der Waals surface area contributed by atoms with E-state index in [0.717, 1.165) is 38.9 Å². The van der Waals surface area contributed by atoms with Gasteiger partial charge in [0.1, 0.15) is 0 Å². The number of carboxylic acid groups (broad SMARTS) is 1. The number of rotatable bonds is 9. The van der Waals surface area contributed by atoms with Gasteiger partial charge < -0.3 is 9.84 Å². The number of hydrogen-bond donors (Lipinski definition) is 1. The summed E-state index contributed by atoms with van der Waals surface area (Å²) in [5, 5.41) is 11.3. The molecule has 4 rings (SSSR count). The molecule has 1 N–H and O–H groups in total. The number of hydrogen-bond acceptors (Lipinski definition) is 3. The summed E-state index contributed by atoms with van der Waals surface area (Å²) in [5.41, 5.74) is 5.95. The second kappa shape index (κ2) is 11.3. The maximum absolute atomic E-state index is 11.7.